The summed E-state index contributed by atoms with van der Waals surface area (Å²) in [4.78, 5) is 0. The van der Waals surface area contributed by atoms with Gasteiger partial charge in [0.25, 0.3) is 10.2 Å². The van der Waals surface area contributed by atoms with Crippen LogP contribution in [0.25, 0.3) is 0 Å². The van der Waals surface area contributed by atoms with Crippen LogP contribution in [0.2, 0.25) is 0 Å². The SMILES string of the molecule is CCCNCCCN(C)S(=O)(=O)N(C)CC(C)(C)C. The lowest BCUT2D eigenvalue weighted by molar-refractivity contribution is 0.293. The number of rotatable bonds is 9. The molecule has 0 aliphatic heterocycles. The fraction of sp³-hybridized carbons (Fsp3) is 1.00. The molecule has 0 saturated heterocycles. The van der Waals surface area contributed by atoms with Crippen molar-refractivity contribution >= 4 is 10.2 Å². The molecule has 0 saturated carbocycles. The molecule has 5 nitrogen and oxygen atoms in total. The minimum Gasteiger partial charge on any atom is -0.317 e. The maximum Gasteiger partial charge on any atom is 0.281 e. The van der Waals surface area contributed by atoms with Gasteiger partial charge >= 0.3 is 0 Å². The fourth-order valence-corrected chi connectivity index (χ4v) is 3.22. The highest BCUT2D eigenvalue weighted by Gasteiger charge is 2.26. The minimum absolute atomic E-state index is 0.0364. The number of hydrogen-bond acceptors (Lipinski definition) is 3. The molecule has 0 heterocycles. The van der Waals surface area contributed by atoms with Crippen molar-refractivity contribution in [2.75, 3.05) is 40.3 Å². The molecule has 0 aliphatic rings. The molecule has 0 spiro atoms. The lowest BCUT2D eigenvalue weighted by Crippen LogP contribution is -2.43. The average Bonchev–Trinajstić information content (AvgIpc) is 2.26. The molecular weight excluding hydrogens is 262 g/mol. The van der Waals surface area contributed by atoms with Crippen LogP contribution in [0.4, 0.5) is 0 Å². The molecule has 19 heavy (non-hydrogen) atoms. The Labute approximate surface area is 119 Å². The van der Waals surface area contributed by atoms with E-state index in [0.29, 0.717) is 13.1 Å². The summed E-state index contributed by atoms with van der Waals surface area (Å²) in [5.74, 6) is 0. The van der Waals surface area contributed by atoms with Crippen LogP contribution in [0.15, 0.2) is 0 Å². The molecule has 0 atom stereocenters. The molecule has 0 aromatic carbocycles. The predicted molar refractivity (Wildman–Crippen MR) is 81.4 cm³/mol. The molecule has 1 N–H and O–H groups in total. The Kier molecular flexibility index (Phi) is 8.12. The molecule has 0 aliphatic carbocycles. The van der Waals surface area contributed by atoms with Crippen molar-refractivity contribution in [3.05, 3.63) is 0 Å². The predicted octanol–water partition coefficient (Wildman–Crippen LogP) is 1.53. The maximum absolute atomic E-state index is 12.3. The van der Waals surface area contributed by atoms with Crippen molar-refractivity contribution < 1.29 is 8.42 Å². The zero-order valence-corrected chi connectivity index (χ0v) is 14.2. The Morgan fingerprint density at radius 1 is 1.05 bits per heavy atom. The molecular formula is C13H31N3O2S. The summed E-state index contributed by atoms with van der Waals surface area (Å²) in [6.07, 6.45) is 1.93. The van der Waals surface area contributed by atoms with E-state index in [-0.39, 0.29) is 5.41 Å². The third kappa shape index (κ3) is 7.87. The molecule has 0 rings (SSSR count). The largest absolute Gasteiger partial charge is 0.317 e. The molecule has 0 aromatic rings. The third-order valence-corrected chi connectivity index (χ3v) is 4.63. The third-order valence-electron chi connectivity index (χ3n) is 2.74. The van der Waals surface area contributed by atoms with Crippen LogP contribution in [0.3, 0.4) is 0 Å². The van der Waals surface area contributed by atoms with Crippen LogP contribution in [-0.4, -0.2) is 57.3 Å². The van der Waals surface area contributed by atoms with Gasteiger partial charge in [-0.15, -0.1) is 0 Å². The Hall–Kier alpha value is -0.170. The smallest absolute Gasteiger partial charge is 0.281 e. The molecule has 0 aromatic heterocycles. The van der Waals surface area contributed by atoms with E-state index < -0.39 is 10.2 Å². The summed E-state index contributed by atoms with van der Waals surface area (Å²) in [7, 11) is -0.0336. The summed E-state index contributed by atoms with van der Waals surface area (Å²) in [5, 5.41) is 3.27. The summed E-state index contributed by atoms with van der Waals surface area (Å²) >= 11 is 0. The van der Waals surface area contributed by atoms with Crippen LogP contribution in [-0.2, 0) is 10.2 Å². The second kappa shape index (κ2) is 8.19. The summed E-state index contributed by atoms with van der Waals surface area (Å²) < 4.78 is 27.4. The highest BCUT2D eigenvalue weighted by atomic mass is 32.2. The van der Waals surface area contributed by atoms with Crippen LogP contribution < -0.4 is 5.32 Å². The average molecular weight is 293 g/mol. The molecule has 0 unspecified atom stereocenters. The van der Waals surface area contributed by atoms with Gasteiger partial charge in [-0.3, -0.25) is 0 Å². The van der Waals surface area contributed by atoms with E-state index in [1.807, 2.05) is 20.8 Å². The maximum atomic E-state index is 12.3. The number of hydrogen-bond donors (Lipinski definition) is 1. The highest BCUT2D eigenvalue weighted by Crippen LogP contribution is 2.17. The van der Waals surface area contributed by atoms with E-state index in [2.05, 4.69) is 12.2 Å². The van der Waals surface area contributed by atoms with E-state index in [1.54, 1.807) is 14.1 Å². The Balaban J connectivity index is 4.24. The monoisotopic (exact) mass is 293 g/mol. The molecule has 116 valence electrons. The topological polar surface area (TPSA) is 52.7 Å². The number of nitrogens with zero attached hydrogens (tertiary/aromatic N) is 2. The van der Waals surface area contributed by atoms with Gasteiger partial charge in [0, 0.05) is 27.2 Å². The first-order chi connectivity index (χ1) is 8.61. The molecule has 0 bridgehead atoms. The molecule has 6 heteroatoms. The van der Waals surface area contributed by atoms with Crippen molar-refractivity contribution in [2.45, 2.75) is 40.5 Å². The lowest BCUT2D eigenvalue weighted by Gasteiger charge is -2.29. The van der Waals surface area contributed by atoms with Gasteiger partial charge in [-0.25, -0.2) is 0 Å². The highest BCUT2D eigenvalue weighted by molar-refractivity contribution is 7.86. The van der Waals surface area contributed by atoms with Crippen molar-refractivity contribution in [1.82, 2.24) is 13.9 Å². The first kappa shape index (κ1) is 18.8. The van der Waals surface area contributed by atoms with Crippen LogP contribution in [0.1, 0.15) is 40.5 Å². The van der Waals surface area contributed by atoms with E-state index in [4.69, 9.17) is 0 Å². The summed E-state index contributed by atoms with van der Waals surface area (Å²) in [6.45, 7) is 11.1. The normalized spacial score (nSPS) is 13.5. The molecule has 0 amide bonds. The summed E-state index contributed by atoms with van der Waals surface area (Å²) in [5.41, 5.74) is -0.0364. The van der Waals surface area contributed by atoms with Crippen molar-refractivity contribution in [1.29, 1.82) is 0 Å². The van der Waals surface area contributed by atoms with E-state index in [9.17, 15) is 8.42 Å². The van der Waals surface area contributed by atoms with E-state index >= 15 is 0 Å². The van der Waals surface area contributed by atoms with Gasteiger partial charge in [-0.1, -0.05) is 27.7 Å². The second-order valence-electron chi connectivity index (χ2n) is 6.25. The van der Waals surface area contributed by atoms with Crippen molar-refractivity contribution in [3.63, 3.8) is 0 Å². The van der Waals surface area contributed by atoms with Gasteiger partial charge in [-0.2, -0.15) is 17.0 Å². The lowest BCUT2D eigenvalue weighted by atomic mass is 9.97. The Bertz CT molecular complexity index is 336. The Morgan fingerprint density at radius 2 is 1.63 bits per heavy atom. The van der Waals surface area contributed by atoms with Gasteiger partial charge in [0.15, 0.2) is 0 Å². The van der Waals surface area contributed by atoms with Gasteiger partial charge in [0.2, 0.25) is 0 Å². The number of nitrogens with one attached hydrogen (secondary N) is 1. The minimum atomic E-state index is -3.33. The van der Waals surface area contributed by atoms with Crippen molar-refractivity contribution in [2.24, 2.45) is 5.41 Å². The van der Waals surface area contributed by atoms with Crippen molar-refractivity contribution in [3.8, 4) is 0 Å². The van der Waals surface area contributed by atoms with Crippen LogP contribution in [0.5, 0.6) is 0 Å². The van der Waals surface area contributed by atoms with Crippen LogP contribution >= 0.6 is 0 Å². The fourth-order valence-electron chi connectivity index (χ4n) is 1.83. The second-order valence-corrected chi connectivity index (χ2v) is 8.39. The Morgan fingerprint density at radius 3 is 2.11 bits per heavy atom. The zero-order chi connectivity index (χ0) is 15.1. The van der Waals surface area contributed by atoms with E-state index in [0.717, 1.165) is 25.9 Å². The molecule has 0 radical (unpaired) electrons. The van der Waals surface area contributed by atoms with Gasteiger partial charge in [0.05, 0.1) is 0 Å². The first-order valence-corrected chi connectivity index (χ1v) is 8.39. The van der Waals surface area contributed by atoms with Gasteiger partial charge in [0.1, 0.15) is 0 Å². The quantitative estimate of drug-likeness (QED) is 0.656. The zero-order valence-electron chi connectivity index (χ0n) is 13.4. The van der Waals surface area contributed by atoms with Gasteiger partial charge < -0.3 is 5.32 Å². The van der Waals surface area contributed by atoms with Crippen LogP contribution in [0, 0.1) is 5.41 Å². The van der Waals surface area contributed by atoms with Gasteiger partial charge in [-0.05, 0) is 31.3 Å². The molecule has 0 fully saturated rings. The summed E-state index contributed by atoms with van der Waals surface area (Å²) in [6, 6.07) is 0. The first-order valence-electron chi connectivity index (χ1n) is 6.99. The van der Waals surface area contributed by atoms with E-state index in [1.165, 1.54) is 8.61 Å². The standard InChI is InChI=1S/C13H31N3O2S/c1-7-9-14-10-8-11-15(5)19(17,18)16(6)12-13(2,3)4/h14H,7-12H2,1-6H3.